The number of amides is 1. The molecule has 2 rings (SSSR count). The van der Waals surface area contributed by atoms with E-state index in [1.54, 1.807) is 6.07 Å². The highest BCUT2D eigenvalue weighted by atomic mass is 16.5. The summed E-state index contributed by atoms with van der Waals surface area (Å²) in [6.07, 6.45) is 1.69. The van der Waals surface area contributed by atoms with Crippen molar-refractivity contribution in [2.45, 2.75) is 25.8 Å². The summed E-state index contributed by atoms with van der Waals surface area (Å²) in [7, 11) is 0. The van der Waals surface area contributed by atoms with Crippen LogP contribution in [0, 0.1) is 5.92 Å². The van der Waals surface area contributed by atoms with Gasteiger partial charge >= 0.3 is 0 Å². The molecule has 1 saturated heterocycles. The number of hydrogen-bond acceptors (Lipinski definition) is 5. The zero-order chi connectivity index (χ0) is 14.4. The minimum atomic E-state index is -0.283. The Labute approximate surface area is 117 Å². The fourth-order valence-corrected chi connectivity index (χ4v) is 2.32. The quantitative estimate of drug-likeness (QED) is 0.699. The smallest absolute Gasteiger partial charge is 0.269 e. The molecule has 3 N–H and O–H groups in total. The lowest BCUT2D eigenvalue weighted by molar-refractivity contribution is 0.0419. The number of nitrogens with one attached hydrogen (secondary N) is 2. The van der Waals surface area contributed by atoms with Crippen LogP contribution in [0.3, 0.4) is 0 Å². The number of carbonyl (C=O) groups excluding carboxylic acids is 1. The van der Waals surface area contributed by atoms with Gasteiger partial charge in [-0.1, -0.05) is 0 Å². The molecule has 1 amide bonds. The van der Waals surface area contributed by atoms with Crippen molar-refractivity contribution < 1.29 is 19.4 Å². The second kappa shape index (κ2) is 7.25. The summed E-state index contributed by atoms with van der Waals surface area (Å²) in [5.41, 5.74) is 0.332. The summed E-state index contributed by atoms with van der Waals surface area (Å²) in [6, 6.07) is 1.29. The Bertz CT molecular complexity index is 429. The monoisotopic (exact) mass is 283 g/mol. The summed E-state index contributed by atoms with van der Waals surface area (Å²) in [4.78, 5) is 12.1. The largest absolute Gasteiger partial charge is 0.477 e. The first kappa shape index (κ1) is 14.8. The predicted molar refractivity (Wildman–Crippen MR) is 71.6 cm³/mol. The lowest BCUT2D eigenvalue weighted by Crippen LogP contribution is -2.44. The van der Waals surface area contributed by atoms with E-state index in [2.05, 4.69) is 15.5 Å². The standard InChI is InChI=1S/C13H21N3O4/c1-2-20-12-7-10(15-16-12)13(18)14-11(8-17)9-3-5-19-6-4-9/h7,9,11,17H,2-6,8H2,1H3,(H,14,18)(H,15,16)/t11-/m0/s1. The van der Waals surface area contributed by atoms with Crippen LogP contribution in [0.5, 0.6) is 5.88 Å². The Kier molecular flexibility index (Phi) is 5.37. The fraction of sp³-hybridized carbons (Fsp3) is 0.692. The van der Waals surface area contributed by atoms with Gasteiger partial charge < -0.3 is 19.9 Å². The van der Waals surface area contributed by atoms with Crippen LogP contribution in [-0.4, -0.2) is 53.7 Å². The van der Waals surface area contributed by atoms with E-state index in [1.807, 2.05) is 6.92 Å². The molecule has 2 heterocycles. The van der Waals surface area contributed by atoms with Gasteiger partial charge in [0.05, 0.1) is 19.3 Å². The number of rotatable bonds is 6. The molecule has 112 valence electrons. The Morgan fingerprint density at radius 3 is 3.05 bits per heavy atom. The van der Waals surface area contributed by atoms with E-state index in [-0.39, 0.29) is 24.5 Å². The minimum Gasteiger partial charge on any atom is -0.477 e. The SMILES string of the molecule is CCOc1cc(C(=O)N[C@@H](CO)C2CCOCC2)[nH]n1. The topological polar surface area (TPSA) is 96.5 Å². The number of carbonyl (C=O) groups is 1. The molecule has 1 aromatic rings. The Morgan fingerprint density at radius 1 is 1.65 bits per heavy atom. The van der Waals surface area contributed by atoms with Crippen LogP contribution in [0.25, 0.3) is 0 Å². The summed E-state index contributed by atoms with van der Waals surface area (Å²) < 4.78 is 10.5. The van der Waals surface area contributed by atoms with Crippen LogP contribution in [-0.2, 0) is 4.74 Å². The van der Waals surface area contributed by atoms with Crippen molar-refractivity contribution in [3.05, 3.63) is 11.8 Å². The molecule has 0 unspecified atom stereocenters. The van der Waals surface area contributed by atoms with Gasteiger partial charge in [-0.2, -0.15) is 0 Å². The molecular weight excluding hydrogens is 262 g/mol. The van der Waals surface area contributed by atoms with Crippen LogP contribution >= 0.6 is 0 Å². The molecule has 0 radical (unpaired) electrons. The molecule has 0 aliphatic carbocycles. The third-order valence-corrected chi connectivity index (χ3v) is 3.44. The molecule has 7 heteroatoms. The van der Waals surface area contributed by atoms with Crippen LogP contribution in [0.15, 0.2) is 6.07 Å². The van der Waals surface area contributed by atoms with E-state index in [0.717, 1.165) is 12.8 Å². The lowest BCUT2D eigenvalue weighted by atomic mass is 9.92. The van der Waals surface area contributed by atoms with Crippen molar-refractivity contribution in [1.29, 1.82) is 0 Å². The molecule has 1 aromatic heterocycles. The second-order valence-corrected chi connectivity index (χ2v) is 4.77. The molecule has 0 saturated carbocycles. The molecular formula is C13H21N3O4. The van der Waals surface area contributed by atoms with Crippen molar-refractivity contribution in [2.24, 2.45) is 5.92 Å². The predicted octanol–water partition coefficient (Wildman–Crippen LogP) is 0.326. The molecule has 1 aliphatic rings. The number of aromatic nitrogens is 2. The minimum absolute atomic E-state index is 0.0805. The molecule has 0 spiro atoms. The average Bonchev–Trinajstić information content (AvgIpc) is 2.94. The Balaban J connectivity index is 1.93. The summed E-state index contributed by atoms with van der Waals surface area (Å²) in [5.74, 6) is 0.352. The zero-order valence-corrected chi connectivity index (χ0v) is 11.6. The molecule has 1 fully saturated rings. The van der Waals surface area contributed by atoms with Gasteiger partial charge in [-0.15, -0.1) is 5.10 Å². The van der Waals surface area contributed by atoms with Gasteiger partial charge in [0.2, 0.25) is 5.88 Å². The average molecular weight is 283 g/mol. The van der Waals surface area contributed by atoms with Crippen LogP contribution in [0.4, 0.5) is 0 Å². The van der Waals surface area contributed by atoms with Crippen LogP contribution < -0.4 is 10.1 Å². The normalized spacial score (nSPS) is 17.7. The lowest BCUT2D eigenvalue weighted by Gasteiger charge is -2.29. The third kappa shape index (κ3) is 3.71. The molecule has 7 nitrogen and oxygen atoms in total. The maximum Gasteiger partial charge on any atom is 0.269 e. The number of nitrogens with zero attached hydrogens (tertiary/aromatic N) is 1. The first-order valence-electron chi connectivity index (χ1n) is 6.92. The molecule has 20 heavy (non-hydrogen) atoms. The van der Waals surface area contributed by atoms with Gasteiger partial charge in [-0.3, -0.25) is 9.89 Å². The van der Waals surface area contributed by atoms with Gasteiger partial charge in [0.1, 0.15) is 5.69 Å². The zero-order valence-electron chi connectivity index (χ0n) is 11.6. The van der Waals surface area contributed by atoms with Crippen molar-refractivity contribution in [1.82, 2.24) is 15.5 Å². The maximum atomic E-state index is 12.1. The van der Waals surface area contributed by atoms with Gasteiger partial charge in [-0.25, -0.2) is 0 Å². The van der Waals surface area contributed by atoms with E-state index < -0.39 is 0 Å². The number of H-pyrrole nitrogens is 1. The first-order valence-corrected chi connectivity index (χ1v) is 6.92. The first-order chi connectivity index (χ1) is 9.74. The van der Waals surface area contributed by atoms with Crippen molar-refractivity contribution in [3.8, 4) is 5.88 Å². The summed E-state index contributed by atoms with van der Waals surface area (Å²) in [5, 5.41) is 18.8. The van der Waals surface area contributed by atoms with Crippen molar-refractivity contribution in [3.63, 3.8) is 0 Å². The van der Waals surface area contributed by atoms with Crippen LogP contribution in [0.2, 0.25) is 0 Å². The Hall–Kier alpha value is -1.60. The highest BCUT2D eigenvalue weighted by molar-refractivity contribution is 5.92. The van der Waals surface area contributed by atoms with E-state index in [9.17, 15) is 9.90 Å². The van der Waals surface area contributed by atoms with E-state index in [0.29, 0.717) is 31.4 Å². The maximum absolute atomic E-state index is 12.1. The molecule has 0 aromatic carbocycles. The Morgan fingerprint density at radius 2 is 2.40 bits per heavy atom. The third-order valence-electron chi connectivity index (χ3n) is 3.44. The van der Waals surface area contributed by atoms with Crippen molar-refractivity contribution >= 4 is 5.91 Å². The number of aromatic amines is 1. The van der Waals surface area contributed by atoms with E-state index >= 15 is 0 Å². The summed E-state index contributed by atoms with van der Waals surface area (Å²) in [6.45, 7) is 3.61. The highest BCUT2D eigenvalue weighted by Crippen LogP contribution is 2.19. The van der Waals surface area contributed by atoms with Crippen LogP contribution in [0.1, 0.15) is 30.3 Å². The van der Waals surface area contributed by atoms with Gasteiger partial charge in [0.15, 0.2) is 0 Å². The number of ether oxygens (including phenoxy) is 2. The number of aliphatic hydroxyl groups is 1. The molecule has 1 aliphatic heterocycles. The van der Waals surface area contributed by atoms with Gasteiger partial charge in [0, 0.05) is 19.3 Å². The molecule has 1 atom stereocenters. The van der Waals surface area contributed by atoms with E-state index in [1.165, 1.54) is 0 Å². The van der Waals surface area contributed by atoms with Gasteiger partial charge in [0.25, 0.3) is 5.91 Å². The summed E-state index contributed by atoms with van der Waals surface area (Å²) >= 11 is 0. The van der Waals surface area contributed by atoms with Crippen molar-refractivity contribution in [2.75, 3.05) is 26.4 Å². The number of aliphatic hydroxyl groups excluding tert-OH is 1. The molecule has 0 bridgehead atoms. The van der Waals surface area contributed by atoms with E-state index in [4.69, 9.17) is 9.47 Å². The highest BCUT2D eigenvalue weighted by Gasteiger charge is 2.25. The fourth-order valence-electron chi connectivity index (χ4n) is 2.32. The second-order valence-electron chi connectivity index (χ2n) is 4.77. The number of hydrogen-bond donors (Lipinski definition) is 3. The van der Waals surface area contributed by atoms with Gasteiger partial charge in [-0.05, 0) is 25.7 Å².